The van der Waals surface area contributed by atoms with Crippen LogP contribution in [-0.4, -0.2) is 64.2 Å². The zero-order valence-corrected chi connectivity index (χ0v) is 21.1. The van der Waals surface area contributed by atoms with Gasteiger partial charge in [0.15, 0.2) is 0 Å². The van der Waals surface area contributed by atoms with Gasteiger partial charge in [0.2, 0.25) is 21.8 Å². The molecule has 0 aliphatic rings. The topological polar surface area (TPSA) is 105 Å². The van der Waals surface area contributed by atoms with Gasteiger partial charge >= 0.3 is 0 Å². The number of ether oxygens (including phenoxy) is 2. The van der Waals surface area contributed by atoms with Gasteiger partial charge in [0, 0.05) is 13.1 Å². The highest BCUT2D eigenvalue weighted by atomic mass is 32.2. The van der Waals surface area contributed by atoms with Crippen molar-refractivity contribution < 1.29 is 27.5 Å². The molecule has 0 aliphatic carbocycles. The van der Waals surface area contributed by atoms with Crippen LogP contribution in [0.2, 0.25) is 0 Å². The minimum absolute atomic E-state index is 0.0963. The molecule has 0 saturated heterocycles. The van der Waals surface area contributed by atoms with Crippen LogP contribution in [-0.2, 0) is 26.2 Å². The second-order valence-electron chi connectivity index (χ2n) is 7.61. The number of amides is 2. The van der Waals surface area contributed by atoms with Crippen molar-refractivity contribution in [2.75, 3.05) is 37.4 Å². The Morgan fingerprint density at radius 1 is 1.09 bits per heavy atom. The lowest BCUT2D eigenvalue weighted by atomic mass is 10.1. The van der Waals surface area contributed by atoms with Gasteiger partial charge < -0.3 is 19.7 Å². The first-order valence-corrected chi connectivity index (χ1v) is 12.9. The van der Waals surface area contributed by atoms with Gasteiger partial charge in [0.1, 0.15) is 24.1 Å². The first-order chi connectivity index (χ1) is 16.1. The van der Waals surface area contributed by atoms with Gasteiger partial charge in [0.25, 0.3) is 0 Å². The Hall–Kier alpha value is -3.27. The number of hydrogen-bond acceptors (Lipinski definition) is 6. The Kier molecular flexibility index (Phi) is 9.73. The molecule has 0 bridgehead atoms. The van der Waals surface area contributed by atoms with Crippen LogP contribution >= 0.6 is 0 Å². The van der Waals surface area contributed by atoms with Gasteiger partial charge in [0.05, 0.1) is 25.7 Å². The molecule has 9 nitrogen and oxygen atoms in total. The third-order valence-electron chi connectivity index (χ3n) is 5.12. The Balaban J connectivity index is 2.44. The molecule has 2 aromatic rings. The van der Waals surface area contributed by atoms with Gasteiger partial charge in [-0.2, -0.15) is 0 Å². The number of benzene rings is 2. The number of sulfonamides is 1. The van der Waals surface area contributed by atoms with Crippen molar-refractivity contribution in [3.8, 4) is 11.5 Å². The fraction of sp³-hybridized carbons (Fsp3) is 0.417. The number of likely N-dealkylation sites (N-methyl/N-ethyl adjacent to an activating group) is 1. The Morgan fingerprint density at radius 3 is 2.41 bits per heavy atom. The summed E-state index contributed by atoms with van der Waals surface area (Å²) in [5, 5.41) is 2.72. The van der Waals surface area contributed by atoms with Crippen LogP contribution in [0.4, 0.5) is 5.69 Å². The smallest absolute Gasteiger partial charge is 0.244 e. The zero-order valence-electron chi connectivity index (χ0n) is 20.3. The molecule has 186 valence electrons. The molecule has 2 aromatic carbocycles. The lowest BCUT2D eigenvalue weighted by molar-refractivity contribution is -0.139. The number of hydrogen-bond donors (Lipinski definition) is 1. The fourth-order valence-electron chi connectivity index (χ4n) is 3.41. The van der Waals surface area contributed by atoms with E-state index in [9.17, 15) is 18.0 Å². The van der Waals surface area contributed by atoms with Crippen molar-refractivity contribution in [3.05, 3.63) is 54.1 Å². The molecular weight excluding hydrogens is 458 g/mol. The maximum absolute atomic E-state index is 13.5. The summed E-state index contributed by atoms with van der Waals surface area (Å²) in [5.41, 5.74) is 0.997. The number of nitrogens with one attached hydrogen (secondary N) is 1. The molecule has 34 heavy (non-hydrogen) atoms. The highest BCUT2D eigenvalue weighted by Gasteiger charge is 2.31. The molecule has 0 aromatic heterocycles. The number of methoxy groups -OCH3 is 1. The summed E-state index contributed by atoms with van der Waals surface area (Å²) in [6.07, 6.45) is 1.03. The van der Waals surface area contributed by atoms with Crippen molar-refractivity contribution in [3.63, 3.8) is 0 Å². The molecule has 2 amide bonds. The zero-order chi connectivity index (χ0) is 25.3. The second-order valence-corrected chi connectivity index (χ2v) is 9.52. The van der Waals surface area contributed by atoms with Crippen molar-refractivity contribution in [2.45, 2.75) is 33.4 Å². The average molecular weight is 492 g/mol. The van der Waals surface area contributed by atoms with Gasteiger partial charge in [-0.05, 0) is 50.6 Å². The highest BCUT2D eigenvalue weighted by Crippen LogP contribution is 2.30. The van der Waals surface area contributed by atoms with Crippen LogP contribution < -0.4 is 19.1 Å². The van der Waals surface area contributed by atoms with Crippen molar-refractivity contribution >= 4 is 27.5 Å². The van der Waals surface area contributed by atoms with Crippen LogP contribution in [0.15, 0.2) is 48.5 Å². The standard InChI is InChI=1S/C24H33N3O6S/c1-6-25-24(29)18(3)26(16-19-11-10-12-20(15-19)32-4)23(28)17-27(34(5,30)31)21-13-8-9-14-22(21)33-7-2/h8-15,18H,6-7,16-17H2,1-5H3,(H,25,29)/t18-/m1/s1. The molecule has 0 saturated carbocycles. The molecule has 10 heteroatoms. The Morgan fingerprint density at radius 2 is 1.79 bits per heavy atom. The Bertz CT molecular complexity index is 1090. The largest absolute Gasteiger partial charge is 0.497 e. The summed E-state index contributed by atoms with van der Waals surface area (Å²) < 4.78 is 37.2. The number of anilines is 1. The molecule has 1 atom stereocenters. The molecule has 0 spiro atoms. The van der Waals surface area contributed by atoms with E-state index in [1.54, 1.807) is 70.3 Å². The van der Waals surface area contributed by atoms with E-state index in [1.165, 1.54) is 4.90 Å². The van der Waals surface area contributed by atoms with Crippen molar-refractivity contribution in [1.82, 2.24) is 10.2 Å². The third-order valence-corrected chi connectivity index (χ3v) is 6.24. The first kappa shape index (κ1) is 27.0. The number of para-hydroxylation sites is 2. The average Bonchev–Trinajstić information content (AvgIpc) is 2.80. The van der Waals surface area contributed by atoms with Crippen LogP contribution in [0.1, 0.15) is 26.3 Å². The van der Waals surface area contributed by atoms with Crippen LogP contribution in [0.25, 0.3) is 0 Å². The summed E-state index contributed by atoms with van der Waals surface area (Å²) in [6.45, 7) is 5.53. The number of rotatable bonds is 12. The van der Waals surface area contributed by atoms with E-state index in [0.29, 0.717) is 24.7 Å². The molecule has 0 heterocycles. The van der Waals surface area contributed by atoms with Crippen LogP contribution in [0.5, 0.6) is 11.5 Å². The molecule has 0 aliphatic heterocycles. The summed E-state index contributed by atoms with van der Waals surface area (Å²) in [7, 11) is -2.30. The summed E-state index contributed by atoms with van der Waals surface area (Å²) >= 11 is 0. The van der Waals surface area contributed by atoms with E-state index in [2.05, 4.69) is 5.32 Å². The third kappa shape index (κ3) is 7.11. The predicted octanol–water partition coefficient (Wildman–Crippen LogP) is 2.41. The maximum atomic E-state index is 13.5. The lowest BCUT2D eigenvalue weighted by Crippen LogP contribution is -2.51. The SMILES string of the molecule is CCNC(=O)[C@@H](C)N(Cc1cccc(OC)c1)C(=O)CN(c1ccccc1OCC)S(C)(=O)=O. The minimum atomic E-state index is -3.84. The van der Waals surface area contributed by atoms with Gasteiger partial charge in [-0.25, -0.2) is 8.42 Å². The molecular formula is C24H33N3O6S. The van der Waals surface area contributed by atoms with E-state index in [1.807, 2.05) is 6.07 Å². The molecule has 2 rings (SSSR count). The Labute approximate surface area is 201 Å². The van der Waals surface area contributed by atoms with E-state index < -0.39 is 28.5 Å². The van der Waals surface area contributed by atoms with E-state index in [0.717, 1.165) is 16.1 Å². The molecule has 0 fully saturated rings. The monoisotopic (exact) mass is 491 g/mol. The van der Waals surface area contributed by atoms with E-state index in [4.69, 9.17) is 9.47 Å². The van der Waals surface area contributed by atoms with E-state index in [-0.39, 0.29) is 18.1 Å². The summed E-state index contributed by atoms with van der Waals surface area (Å²) in [4.78, 5) is 27.5. The van der Waals surface area contributed by atoms with Gasteiger partial charge in [-0.1, -0.05) is 24.3 Å². The summed E-state index contributed by atoms with van der Waals surface area (Å²) in [5.74, 6) is 0.0935. The van der Waals surface area contributed by atoms with Crippen molar-refractivity contribution in [1.29, 1.82) is 0 Å². The van der Waals surface area contributed by atoms with Crippen LogP contribution in [0.3, 0.4) is 0 Å². The second kappa shape index (κ2) is 12.3. The number of nitrogens with zero attached hydrogens (tertiary/aromatic N) is 2. The highest BCUT2D eigenvalue weighted by molar-refractivity contribution is 7.92. The quantitative estimate of drug-likeness (QED) is 0.489. The summed E-state index contributed by atoms with van der Waals surface area (Å²) in [6, 6.07) is 12.9. The molecule has 1 N–H and O–H groups in total. The van der Waals surface area contributed by atoms with Gasteiger partial charge in [-0.3, -0.25) is 13.9 Å². The molecule has 0 unspecified atom stereocenters. The number of carbonyl (C=O) groups excluding carboxylic acids is 2. The van der Waals surface area contributed by atoms with Crippen molar-refractivity contribution in [2.24, 2.45) is 0 Å². The maximum Gasteiger partial charge on any atom is 0.244 e. The minimum Gasteiger partial charge on any atom is -0.497 e. The van der Waals surface area contributed by atoms with E-state index >= 15 is 0 Å². The van der Waals surface area contributed by atoms with Crippen LogP contribution in [0, 0.1) is 0 Å². The fourth-order valence-corrected chi connectivity index (χ4v) is 4.26. The predicted molar refractivity (Wildman–Crippen MR) is 131 cm³/mol. The normalized spacial score (nSPS) is 11.9. The van der Waals surface area contributed by atoms with Gasteiger partial charge in [-0.15, -0.1) is 0 Å². The lowest BCUT2D eigenvalue weighted by Gasteiger charge is -2.31. The first-order valence-electron chi connectivity index (χ1n) is 11.0. The molecule has 0 radical (unpaired) electrons. The number of carbonyl (C=O) groups is 2.